The Bertz CT molecular complexity index is 417. The van der Waals surface area contributed by atoms with E-state index in [0.29, 0.717) is 6.61 Å². The molecule has 4 nitrogen and oxygen atoms in total. The van der Waals surface area contributed by atoms with Gasteiger partial charge in [-0.1, -0.05) is 6.07 Å². The van der Waals surface area contributed by atoms with Crippen LogP contribution in [0.1, 0.15) is 31.4 Å². The Morgan fingerprint density at radius 2 is 2.05 bits per heavy atom. The summed E-state index contributed by atoms with van der Waals surface area (Å²) in [6.45, 7) is 3.57. The van der Waals surface area contributed by atoms with Crippen molar-refractivity contribution < 1.29 is 9.47 Å². The molecule has 1 aromatic rings. The standard InChI is InChI=1S/C15H24N2O2/c1-11(16)15-13(18-3)5-4-6-14(15)19-10-9-17(2)12-7-8-12/h4-6,11-12H,7-10,16H2,1-3H3/t11-/m1/s1. The molecule has 0 radical (unpaired) electrons. The number of hydrogen-bond donors (Lipinski definition) is 1. The molecule has 1 aromatic carbocycles. The number of benzene rings is 1. The lowest BCUT2D eigenvalue weighted by Crippen LogP contribution is -2.26. The molecule has 4 heteroatoms. The first-order valence-electron chi connectivity index (χ1n) is 6.89. The average molecular weight is 264 g/mol. The van der Waals surface area contributed by atoms with Crippen LogP contribution in [0.4, 0.5) is 0 Å². The third kappa shape index (κ3) is 3.61. The summed E-state index contributed by atoms with van der Waals surface area (Å²) in [6, 6.07) is 6.47. The van der Waals surface area contributed by atoms with Gasteiger partial charge in [-0.3, -0.25) is 0 Å². The highest BCUT2D eigenvalue weighted by molar-refractivity contribution is 5.46. The van der Waals surface area contributed by atoms with E-state index in [9.17, 15) is 0 Å². The number of likely N-dealkylation sites (N-methyl/N-ethyl adjacent to an activating group) is 1. The maximum absolute atomic E-state index is 6.01. The summed E-state index contributed by atoms with van der Waals surface area (Å²) in [7, 11) is 3.81. The van der Waals surface area contributed by atoms with E-state index in [2.05, 4.69) is 11.9 Å². The van der Waals surface area contributed by atoms with E-state index >= 15 is 0 Å². The zero-order chi connectivity index (χ0) is 13.8. The fourth-order valence-corrected chi connectivity index (χ4v) is 2.27. The van der Waals surface area contributed by atoms with Gasteiger partial charge < -0.3 is 20.1 Å². The van der Waals surface area contributed by atoms with E-state index in [0.717, 1.165) is 29.6 Å². The lowest BCUT2D eigenvalue weighted by molar-refractivity contribution is 0.229. The second-order valence-electron chi connectivity index (χ2n) is 5.22. The molecular weight excluding hydrogens is 240 g/mol. The van der Waals surface area contributed by atoms with Gasteiger partial charge >= 0.3 is 0 Å². The number of nitrogens with two attached hydrogens (primary N) is 1. The molecular formula is C15H24N2O2. The first kappa shape index (κ1) is 14.2. The average Bonchev–Trinajstić information content (AvgIpc) is 3.22. The van der Waals surface area contributed by atoms with Gasteiger partial charge in [0.15, 0.2) is 0 Å². The summed E-state index contributed by atoms with van der Waals surface area (Å²) < 4.78 is 11.2. The molecule has 1 fully saturated rings. The molecule has 0 spiro atoms. The van der Waals surface area contributed by atoms with Crippen molar-refractivity contribution in [1.82, 2.24) is 4.90 Å². The molecule has 2 N–H and O–H groups in total. The highest BCUT2D eigenvalue weighted by atomic mass is 16.5. The van der Waals surface area contributed by atoms with Gasteiger partial charge in [0.05, 0.1) is 12.7 Å². The summed E-state index contributed by atoms with van der Waals surface area (Å²) in [6.07, 6.45) is 2.64. The number of hydrogen-bond acceptors (Lipinski definition) is 4. The van der Waals surface area contributed by atoms with Crippen molar-refractivity contribution in [2.24, 2.45) is 5.73 Å². The maximum atomic E-state index is 6.01. The van der Waals surface area contributed by atoms with E-state index in [-0.39, 0.29) is 6.04 Å². The summed E-state index contributed by atoms with van der Waals surface area (Å²) in [5, 5.41) is 0. The highest BCUT2D eigenvalue weighted by Gasteiger charge is 2.25. The molecule has 106 valence electrons. The second kappa shape index (κ2) is 6.26. The Morgan fingerprint density at radius 3 is 2.63 bits per heavy atom. The van der Waals surface area contributed by atoms with Crippen LogP contribution in [0.15, 0.2) is 18.2 Å². The number of methoxy groups -OCH3 is 1. The first-order valence-corrected chi connectivity index (χ1v) is 6.89. The lowest BCUT2D eigenvalue weighted by Gasteiger charge is -2.19. The zero-order valence-corrected chi connectivity index (χ0v) is 12.1. The molecule has 0 amide bonds. The van der Waals surface area contributed by atoms with Gasteiger partial charge in [0.1, 0.15) is 18.1 Å². The molecule has 1 saturated carbocycles. The SMILES string of the molecule is COc1cccc(OCCN(C)C2CC2)c1[C@@H](C)N. The third-order valence-electron chi connectivity index (χ3n) is 3.57. The monoisotopic (exact) mass is 264 g/mol. The van der Waals surface area contributed by atoms with Gasteiger partial charge in [0.25, 0.3) is 0 Å². The van der Waals surface area contributed by atoms with Crippen LogP contribution in [0.2, 0.25) is 0 Å². The summed E-state index contributed by atoms with van der Waals surface area (Å²) in [5.41, 5.74) is 6.95. The molecule has 1 aliphatic rings. The Balaban J connectivity index is 1.98. The van der Waals surface area contributed by atoms with E-state index in [1.807, 2.05) is 25.1 Å². The van der Waals surface area contributed by atoms with Crippen LogP contribution >= 0.6 is 0 Å². The maximum Gasteiger partial charge on any atom is 0.127 e. The highest BCUT2D eigenvalue weighted by Crippen LogP contribution is 2.33. The van der Waals surface area contributed by atoms with Crippen molar-refractivity contribution in [2.75, 3.05) is 27.3 Å². The van der Waals surface area contributed by atoms with E-state index < -0.39 is 0 Å². The van der Waals surface area contributed by atoms with E-state index in [1.54, 1.807) is 7.11 Å². The zero-order valence-electron chi connectivity index (χ0n) is 12.1. The lowest BCUT2D eigenvalue weighted by atomic mass is 10.1. The molecule has 0 saturated heterocycles. The predicted molar refractivity (Wildman–Crippen MR) is 76.7 cm³/mol. The number of rotatable bonds is 7. The van der Waals surface area contributed by atoms with Crippen LogP contribution in [0.5, 0.6) is 11.5 Å². The third-order valence-corrected chi connectivity index (χ3v) is 3.57. The fourth-order valence-electron chi connectivity index (χ4n) is 2.27. The normalized spacial score (nSPS) is 16.5. The molecule has 2 rings (SSSR count). The van der Waals surface area contributed by atoms with Gasteiger partial charge in [-0.2, -0.15) is 0 Å². The van der Waals surface area contributed by atoms with Gasteiger partial charge in [-0.05, 0) is 38.9 Å². The molecule has 1 atom stereocenters. The number of nitrogens with zero attached hydrogens (tertiary/aromatic N) is 1. The Labute approximate surface area is 115 Å². The molecule has 1 aliphatic carbocycles. The molecule has 0 bridgehead atoms. The van der Waals surface area contributed by atoms with Crippen molar-refractivity contribution in [2.45, 2.75) is 31.8 Å². The Hall–Kier alpha value is -1.26. The topological polar surface area (TPSA) is 47.7 Å². The fraction of sp³-hybridized carbons (Fsp3) is 0.600. The minimum absolute atomic E-state index is 0.104. The van der Waals surface area contributed by atoms with Crippen LogP contribution < -0.4 is 15.2 Å². The van der Waals surface area contributed by atoms with E-state index in [1.165, 1.54) is 12.8 Å². The van der Waals surface area contributed by atoms with Crippen LogP contribution in [-0.4, -0.2) is 38.3 Å². The second-order valence-corrected chi connectivity index (χ2v) is 5.22. The van der Waals surface area contributed by atoms with Crippen molar-refractivity contribution in [3.8, 4) is 11.5 Å². The Kier molecular flexibility index (Phi) is 4.66. The molecule has 0 aliphatic heterocycles. The van der Waals surface area contributed by atoms with E-state index in [4.69, 9.17) is 15.2 Å². The molecule has 0 aromatic heterocycles. The quantitative estimate of drug-likeness (QED) is 0.820. The molecule has 0 unspecified atom stereocenters. The van der Waals surface area contributed by atoms with Crippen molar-refractivity contribution in [1.29, 1.82) is 0 Å². The number of ether oxygens (including phenoxy) is 2. The van der Waals surface area contributed by atoms with Gasteiger partial charge in [-0.25, -0.2) is 0 Å². The Morgan fingerprint density at radius 1 is 1.37 bits per heavy atom. The summed E-state index contributed by atoms with van der Waals surface area (Å²) in [5.74, 6) is 1.63. The van der Waals surface area contributed by atoms with Crippen LogP contribution in [0.3, 0.4) is 0 Å². The van der Waals surface area contributed by atoms with Crippen molar-refractivity contribution in [3.63, 3.8) is 0 Å². The largest absolute Gasteiger partial charge is 0.496 e. The van der Waals surface area contributed by atoms with Crippen molar-refractivity contribution in [3.05, 3.63) is 23.8 Å². The molecule has 0 heterocycles. The van der Waals surface area contributed by atoms with Gasteiger partial charge in [-0.15, -0.1) is 0 Å². The van der Waals surface area contributed by atoms with Gasteiger partial charge in [0.2, 0.25) is 0 Å². The van der Waals surface area contributed by atoms with Gasteiger partial charge in [0, 0.05) is 18.6 Å². The summed E-state index contributed by atoms with van der Waals surface area (Å²) >= 11 is 0. The van der Waals surface area contributed by atoms with Crippen molar-refractivity contribution >= 4 is 0 Å². The van der Waals surface area contributed by atoms with Crippen LogP contribution in [0.25, 0.3) is 0 Å². The smallest absolute Gasteiger partial charge is 0.127 e. The first-order chi connectivity index (χ1) is 9.13. The minimum Gasteiger partial charge on any atom is -0.496 e. The predicted octanol–water partition coefficient (Wildman–Crippen LogP) is 2.19. The molecule has 19 heavy (non-hydrogen) atoms. The van der Waals surface area contributed by atoms with Crippen LogP contribution in [0, 0.1) is 0 Å². The van der Waals surface area contributed by atoms with Crippen LogP contribution in [-0.2, 0) is 0 Å². The summed E-state index contributed by atoms with van der Waals surface area (Å²) in [4.78, 5) is 2.35. The minimum atomic E-state index is -0.104.